The molecule has 64 valence electrons. The van der Waals surface area contributed by atoms with Gasteiger partial charge in [0.05, 0.1) is 32.4 Å². The minimum atomic E-state index is 1.01. The fourth-order valence-corrected chi connectivity index (χ4v) is 1.43. The zero-order valence-corrected chi connectivity index (χ0v) is 6.98. The molecule has 0 bridgehead atoms. The first-order valence-electron chi connectivity index (χ1n) is 4.29. The van der Waals surface area contributed by atoms with E-state index in [0.29, 0.717) is 0 Å². The number of rotatable bonds is 1. The second-order valence-corrected chi connectivity index (χ2v) is 2.92. The van der Waals surface area contributed by atoms with Crippen LogP contribution in [0.4, 0.5) is 5.82 Å². The fraction of sp³-hybridized carbons (Fsp3) is 0.500. The van der Waals surface area contributed by atoms with Crippen LogP contribution in [0.25, 0.3) is 0 Å². The number of nitrogens with zero attached hydrogens (tertiary/aromatic N) is 3. The topological polar surface area (TPSA) is 45.6 Å². The minimum Gasteiger partial charge on any atom is -0.344 e. The molecule has 1 aromatic rings. The Labute approximate surface area is 71.6 Å². The standard InChI is InChI=1S/C8H12N4/c1-2-11-8(7-10-1)12-5-3-9-4-6-12/h1-2,7,9H,3-6H2/p+1. The van der Waals surface area contributed by atoms with Crippen LogP contribution in [0.1, 0.15) is 0 Å². The highest BCUT2D eigenvalue weighted by molar-refractivity contribution is 5.34. The average molecular weight is 165 g/mol. The molecule has 0 atom stereocenters. The molecule has 1 aliphatic rings. The number of quaternary nitrogens is 1. The van der Waals surface area contributed by atoms with Gasteiger partial charge >= 0.3 is 0 Å². The number of hydrogen-bond acceptors (Lipinski definition) is 3. The summed E-state index contributed by atoms with van der Waals surface area (Å²) in [5.74, 6) is 1.01. The van der Waals surface area contributed by atoms with Crippen molar-refractivity contribution in [2.24, 2.45) is 0 Å². The Bertz CT molecular complexity index is 230. The molecule has 0 aromatic carbocycles. The van der Waals surface area contributed by atoms with Gasteiger partial charge in [0, 0.05) is 12.4 Å². The van der Waals surface area contributed by atoms with Crippen molar-refractivity contribution in [2.45, 2.75) is 0 Å². The van der Waals surface area contributed by atoms with E-state index in [2.05, 4.69) is 20.2 Å². The molecule has 0 spiro atoms. The molecule has 12 heavy (non-hydrogen) atoms. The van der Waals surface area contributed by atoms with E-state index in [9.17, 15) is 0 Å². The summed E-state index contributed by atoms with van der Waals surface area (Å²) >= 11 is 0. The summed E-state index contributed by atoms with van der Waals surface area (Å²) in [7, 11) is 0. The fourth-order valence-electron chi connectivity index (χ4n) is 1.43. The lowest BCUT2D eigenvalue weighted by molar-refractivity contribution is -0.655. The molecule has 1 aromatic heterocycles. The summed E-state index contributed by atoms with van der Waals surface area (Å²) in [6, 6.07) is 0. The lowest BCUT2D eigenvalue weighted by atomic mass is 10.4. The maximum atomic E-state index is 4.25. The summed E-state index contributed by atoms with van der Waals surface area (Å²) in [4.78, 5) is 10.6. The second-order valence-electron chi connectivity index (χ2n) is 2.92. The molecule has 1 aliphatic heterocycles. The van der Waals surface area contributed by atoms with Gasteiger partial charge in [-0.2, -0.15) is 0 Å². The molecule has 0 aliphatic carbocycles. The number of nitrogens with two attached hydrogens (primary N) is 1. The molecule has 1 saturated heterocycles. The summed E-state index contributed by atoms with van der Waals surface area (Å²) in [6.07, 6.45) is 5.28. The van der Waals surface area contributed by atoms with Crippen LogP contribution in [0.3, 0.4) is 0 Å². The normalized spacial score (nSPS) is 17.8. The second kappa shape index (κ2) is 3.49. The van der Waals surface area contributed by atoms with E-state index >= 15 is 0 Å². The van der Waals surface area contributed by atoms with Gasteiger partial charge in [-0.25, -0.2) is 4.98 Å². The monoisotopic (exact) mass is 165 g/mol. The lowest BCUT2D eigenvalue weighted by Crippen LogP contribution is -2.89. The van der Waals surface area contributed by atoms with Crippen molar-refractivity contribution >= 4 is 5.82 Å². The van der Waals surface area contributed by atoms with Crippen molar-refractivity contribution in [1.82, 2.24) is 9.97 Å². The Hall–Kier alpha value is -1.16. The van der Waals surface area contributed by atoms with Crippen molar-refractivity contribution in [3.05, 3.63) is 18.6 Å². The van der Waals surface area contributed by atoms with E-state index in [-0.39, 0.29) is 0 Å². The van der Waals surface area contributed by atoms with E-state index < -0.39 is 0 Å². The minimum absolute atomic E-state index is 1.01. The van der Waals surface area contributed by atoms with Crippen LogP contribution in [0, 0.1) is 0 Å². The maximum Gasteiger partial charge on any atom is 0.147 e. The zero-order chi connectivity index (χ0) is 8.23. The highest BCUT2D eigenvalue weighted by Gasteiger charge is 2.12. The Morgan fingerprint density at radius 3 is 2.75 bits per heavy atom. The van der Waals surface area contributed by atoms with E-state index in [1.807, 2.05) is 6.20 Å². The summed E-state index contributed by atoms with van der Waals surface area (Å²) in [6.45, 7) is 4.49. The van der Waals surface area contributed by atoms with Crippen LogP contribution in [-0.2, 0) is 0 Å². The van der Waals surface area contributed by atoms with Gasteiger partial charge in [0.15, 0.2) is 0 Å². The summed E-state index contributed by atoms with van der Waals surface area (Å²) < 4.78 is 0. The first-order chi connectivity index (χ1) is 5.97. The quantitative estimate of drug-likeness (QED) is 0.572. The summed E-state index contributed by atoms with van der Waals surface area (Å²) in [5.41, 5.74) is 0. The Kier molecular flexibility index (Phi) is 2.18. The Morgan fingerprint density at radius 2 is 2.08 bits per heavy atom. The number of hydrogen-bond donors (Lipinski definition) is 1. The van der Waals surface area contributed by atoms with Gasteiger partial charge < -0.3 is 10.2 Å². The van der Waals surface area contributed by atoms with Gasteiger partial charge in [-0.05, 0) is 0 Å². The first kappa shape index (κ1) is 7.49. The molecule has 2 rings (SSSR count). The molecule has 0 unspecified atom stereocenters. The molecule has 4 heteroatoms. The van der Waals surface area contributed by atoms with Gasteiger partial charge in [-0.1, -0.05) is 0 Å². The first-order valence-corrected chi connectivity index (χ1v) is 4.29. The Morgan fingerprint density at radius 1 is 1.25 bits per heavy atom. The zero-order valence-electron chi connectivity index (χ0n) is 6.98. The van der Waals surface area contributed by atoms with E-state index in [0.717, 1.165) is 32.0 Å². The maximum absolute atomic E-state index is 4.25. The van der Waals surface area contributed by atoms with E-state index in [1.165, 1.54) is 0 Å². The van der Waals surface area contributed by atoms with Crippen molar-refractivity contribution < 1.29 is 5.32 Å². The number of aromatic nitrogens is 2. The van der Waals surface area contributed by atoms with Crippen LogP contribution >= 0.6 is 0 Å². The molecule has 0 saturated carbocycles. The van der Waals surface area contributed by atoms with Crippen molar-refractivity contribution in [3.8, 4) is 0 Å². The van der Waals surface area contributed by atoms with Gasteiger partial charge in [-0.15, -0.1) is 0 Å². The third-order valence-electron chi connectivity index (χ3n) is 2.08. The number of piperazine rings is 1. The van der Waals surface area contributed by atoms with Crippen LogP contribution in [0.15, 0.2) is 18.6 Å². The Balaban J connectivity index is 2.08. The highest BCUT2D eigenvalue weighted by Crippen LogP contribution is 2.05. The van der Waals surface area contributed by atoms with Crippen molar-refractivity contribution in [1.29, 1.82) is 0 Å². The van der Waals surface area contributed by atoms with Gasteiger partial charge in [0.25, 0.3) is 0 Å². The van der Waals surface area contributed by atoms with Crippen molar-refractivity contribution in [3.63, 3.8) is 0 Å². The smallest absolute Gasteiger partial charge is 0.147 e. The van der Waals surface area contributed by atoms with Crippen molar-refractivity contribution in [2.75, 3.05) is 31.1 Å². The van der Waals surface area contributed by atoms with Crippen LogP contribution in [0.2, 0.25) is 0 Å². The van der Waals surface area contributed by atoms with Crippen LogP contribution < -0.4 is 10.2 Å². The molecular weight excluding hydrogens is 152 g/mol. The van der Waals surface area contributed by atoms with Crippen LogP contribution in [-0.4, -0.2) is 36.1 Å². The third-order valence-corrected chi connectivity index (χ3v) is 2.08. The van der Waals surface area contributed by atoms with E-state index in [1.54, 1.807) is 12.4 Å². The predicted octanol–water partition coefficient (Wildman–Crippen LogP) is -1.14. The molecule has 1 fully saturated rings. The lowest BCUT2D eigenvalue weighted by Gasteiger charge is -2.25. The van der Waals surface area contributed by atoms with E-state index in [4.69, 9.17) is 0 Å². The largest absolute Gasteiger partial charge is 0.344 e. The molecule has 2 heterocycles. The van der Waals surface area contributed by atoms with Crippen LogP contribution in [0.5, 0.6) is 0 Å². The predicted molar refractivity (Wildman–Crippen MR) is 45.9 cm³/mol. The van der Waals surface area contributed by atoms with Gasteiger partial charge in [0.1, 0.15) is 5.82 Å². The molecule has 0 amide bonds. The van der Waals surface area contributed by atoms with Gasteiger partial charge in [-0.3, -0.25) is 4.98 Å². The SMILES string of the molecule is c1cnc(N2CC[NH2+]CC2)cn1. The molecule has 0 radical (unpaired) electrons. The average Bonchev–Trinajstić information content (AvgIpc) is 2.21. The van der Waals surface area contributed by atoms with Gasteiger partial charge in [0.2, 0.25) is 0 Å². The molecular formula is C8H13N4+. The third kappa shape index (κ3) is 1.53. The molecule has 4 nitrogen and oxygen atoms in total. The molecule has 2 N–H and O–H groups in total. The highest BCUT2D eigenvalue weighted by atomic mass is 15.2. The number of anilines is 1. The summed E-state index contributed by atoms with van der Waals surface area (Å²) in [5, 5.41) is 2.33.